The maximum Gasteiger partial charge on any atom is 0.321 e. The number of halogens is 3. The summed E-state index contributed by atoms with van der Waals surface area (Å²) in [6.45, 7) is 0. The second-order valence-electron chi connectivity index (χ2n) is 4.65. The summed E-state index contributed by atoms with van der Waals surface area (Å²) in [5.41, 5.74) is 0.680. The van der Waals surface area contributed by atoms with Crippen LogP contribution in [0.3, 0.4) is 0 Å². The second-order valence-corrected chi connectivity index (χ2v) is 5.08. The first-order chi connectivity index (χ1) is 10.4. The fraction of sp³-hybridized carbons (Fsp3) is 0.125. The minimum atomic E-state index is -1.44. The molecule has 2 atom stereocenters. The minimum Gasteiger partial charge on any atom is -0.480 e. The van der Waals surface area contributed by atoms with Crippen molar-refractivity contribution in [2.24, 2.45) is 5.92 Å². The zero-order chi connectivity index (χ0) is 16.3. The number of carboxylic acids is 1. The molecule has 2 aromatic rings. The van der Waals surface area contributed by atoms with Crippen LogP contribution >= 0.6 is 11.6 Å². The third-order valence-corrected chi connectivity index (χ3v) is 3.52. The molecular weight excluding hydrogens is 312 g/mol. The van der Waals surface area contributed by atoms with E-state index in [2.05, 4.69) is 0 Å². The van der Waals surface area contributed by atoms with E-state index in [1.165, 1.54) is 6.07 Å². The average molecular weight is 322 g/mol. The van der Waals surface area contributed by atoms with Gasteiger partial charge in [0.15, 0.2) is 17.6 Å². The van der Waals surface area contributed by atoms with Gasteiger partial charge in [0.05, 0.1) is 6.07 Å². The molecule has 1 N–H and O–H groups in total. The van der Waals surface area contributed by atoms with Gasteiger partial charge in [0.25, 0.3) is 0 Å². The van der Waals surface area contributed by atoms with Gasteiger partial charge in [-0.1, -0.05) is 29.8 Å². The lowest BCUT2D eigenvalue weighted by Crippen LogP contribution is -2.21. The molecule has 22 heavy (non-hydrogen) atoms. The summed E-state index contributed by atoms with van der Waals surface area (Å²) in [6, 6.07) is 11.0. The van der Waals surface area contributed by atoms with Crippen molar-refractivity contribution in [2.45, 2.75) is 5.92 Å². The van der Waals surface area contributed by atoms with E-state index < -0.39 is 29.4 Å². The Kier molecular flexibility index (Phi) is 4.74. The van der Waals surface area contributed by atoms with E-state index in [1.807, 2.05) is 0 Å². The van der Waals surface area contributed by atoms with Gasteiger partial charge in [-0.3, -0.25) is 4.79 Å². The number of nitrogens with zero attached hydrogens (tertiary/aromatic N) is 1. The molecule has 0 amide bonds. The van der Waals surface area contributed by atoms with Crippen molar-refractivity contribution in [1.29, 1.82) is 5.26 Å². The molecule has 0 heterocycles. The van der Waals surface area contributed by atoms with E-state index in [0.717, 1.165) is 12.1 Å². The lowest BCUT2D eigenvalue weighted by atomic mass is 9.81. The van der Waals surface area contributed by atoms with Crippen molar-refractivity contribution >= 4 is 17.6 Å². The van der Waals surface area contributed by atoms with Crippen LogP contribution in [0.25, 0.3) is 0 Å². The van der Waals surface area contributed by atoms with Gasteiger partial charge < -0.3 is 5.11 Å². The van der Waals surface area contributed by atoms with Crippen molar-refractivity contribution in [3.8, 4) is 6.07 Å². The summed E-state index contributed by atoms with van der Waals surface area (Å²) in [7, 11) is 0. The Labute approximate surface area is 130 Å². The zero-order valence-corrected chi connectivity index (χ0v) is 11.9. The van der Waals surface area contributed by atoms with Crippen molar-refractivity contribution < 1.29 is 18.7 Å². The lowest BCUT2D eigenvalue weighted by Gasteiger charge is -2.20. The first kappa shape index (κ1) is 15.9. The molecule has 0 fully saturated rings. The number of benzene rings is 2. The first-order valence-electron chi connectivity index (χ1n) is 6.27. The van der Waals surface area contributed by atoms with E-state index >= 15 is 0 Å². The fourth-order valence-electron chi connectivity index (χ4n) is 2.23. The van der Waals surface area contributed by atoms with Crippen LogP contribution in [0, 0.1) is 28.9 Å². The molecule has 0 aliphatic rings. The molecule has 0 bridgehead atoms. The standard InChI is InChI=1S/C16H10ClF2NO2/c17-11-4-1-9(2-5-11)15(12(8-20)16(21)22)10-3-6-13(18)14(19)7-10/h1-7,12,15H,(H,21,22)/t12-,15+/m0/s1. The maximum absolute atomic E-state index is 13.5. The van der Waals surface area contributed by atoms with Gasteiger partial charge >= 0.3 is 5.97 Å². The van der Waals surface area contributed by atoms with Gasteiger partial charge in [-0.05, 0) is 35.4 Å². The molecule has 112 valence electrons. The highest BCUT2D eigenvalue weighted by atomic mass is 35.5. The van der Waals surface area contributed by atoms with Gasteiger partial charge in [0.2, 0.25) is 0 Å². The van der Waals surface area contributed by atoms with Crippen LogP contribution in [-0.4, -0.2) is 11.1 Å². The molecule has 2 rings (SSSR count). The summed E-state index contributed by atoms with van der Waals surface area (Å²) >= 11 is 5.79. The Morgan fingerprint density at radius 1 is 1.09 bits per heavy atom. The van der Waals surface area contributed by atoms with Crippen LogP contribution in [0.1, 0.15) is 17.0 Å². The van der Waals surface area contributed by atoms with Gasteiger partial charge in [-0.2, -0.15) is 5.26 Å². The van der Waals surface area contributed by atoms with E-state index in [9.17, 15) is 18.7 Å². The largest absolute Gasteiger partial charge is 0.480 e. The Balaban J connectivity index is 2.59. The topological polar surface area (TPSA) is 61.1 Å². The normalized spacial score (nSPS) is 13.2. The van der Waals surface area contributed by atoms with Crippen molar-refractivity contribution in [3.63, 3.8) is 0 Å². The third kappa shape index (κ3) is 3.23. The van der Waals surface area contributed by atoms with Gasteiger partial charge in [0.1, 0.15) is 0 Å². The van der Waals surface area contributed by atoms with Crippen molar-refractivity contribution in [1.82, 2.24) is 0 Å². The summed E-state index contributed by atoms with van der Waals surface area (Å²) in [5, 5.41) is 18.8. The number of aliphatic carboxylic acids is 1. The van der Waals surface area contributed by atoms with E-state index in [-0.39, 0.29) is 5.56 Å². The van der Waals surface area contributed by atoms with Crippen LogP contribution < -0.4 is 0 Å². The molecule has 0 aliphatic carbocycles. The minimum absolute atomic E-state index is 0.204. The summed E-state index contributed by atoms with van der Waals surface area (Å²) in [6.07, 6.45) is 0. The number of carbonyl (C=O) groups is 1. The Morgan fingerprint density at radius 2 is 1.68 bits per heavy atom. The van der Waals surface area contributed by atoms with Gasteiger partial charge in [-0.15, -0.1) is 0 Å². The van der Waals surface area contributed by atoms with Gasteiger partial charge in [-0.25, -0.2) is 8.78 Å². The quantitative estimate of drug-likeness (QED) is 0.926. The number of hydrogen-bond acceptors (Lipinski definition) is 2. The van der Waals surface area contributed by atoms with E-state index in [0.29, 0.717) is 10.6 Å². The monoisotopic (exact) mass is 321 g/mol. The molecule has 0 saturated carbocycles. The average Bonchev–Trinajstić information content (AvgIpc) is 2.48. The van der Waals surface area contributed by atoms with E-state index in [1.54, 1.807) is 30.3 Å². The molecule has 0 radical (unpaired) electrons. The molecule has 0 spiro atoms. The number of carboxylic acid groups (broad SMARTS) is 1. The fourth-order valence-corrected chi connectivity index (χ4v) is 2.35. The molecule has 0 aliphatic heterocycles. The first-order valence-corrected chi connectivity index (χ1v) is 6.64. The summed E-state index contributed by atoms with van der Waals surface area (Å²) in [4.78, 5) is 11.3. The molecule has 0 saturated heterocycles. The van der Waals surface area contributed by atoms with Crippen LogP contribution in [0.4, 0.5) is 8.78 Å². The van der Waals surface area contributed by atoms with Crippen molar-refractivity contribution in [3.05, 3.63) is 70.2 Å². The van der Waals surface area contributed by atoms with Gasteiger partial charge in [0, 0.05) is 10.9 Å². The highest BCUT2D eigenvalue weighted by Gasteiger charge is 2.31. The second kappa shape index (κ2) is 6.54. The number of nitriles is 1. The van der Waals surface area contributed by atoms with Crippen LogP contribution in [-0.2, 0) is 4.79 Å². The Bertz CT molecular complexity index is 741. The highest BCUT2D eigenvalue weighted by molar-refractivity contribution is 6.30. The third-order valence-electron chi connectivity index (χ3n) is 3.27. The lowest BCUT2D eigenvalue weighted by molar-refractivity contribution is -0.140. The molecule has 0 unspecified atom stereocenters. The Morgan fingerprint density at radius 3 is 2.18 bits per heavy atom. The molecular formula is C16H10ClF2NO2. The molecule has 0 aromatic heterocycles. The number of rotatable bonds is 4. The highest BCUT2D eigenvalue weighted by Crippen LogP contribution is 2.33. The predicted molar refractivity (Wildman–Crippen MR) is 76.4 cm³/mol. The Hall–Kier alpha value is -2.45. The number of hydrogen-bond donors (Lipinski definition) is 1. The molecule has 3 nitrogen and oxygen atoms in total. The predicted octanol–water partition coefficient (Wildman–Crippen LogP) is 3.97. The molecule has 6 heteroatoms. The summed E-state index contributed by atoms with van der Waals surface area (Å²) in [5.74, 6) is -5.85. The smallest absolute Gasteiger partial charge is 0.321 e. The van der Waals surface area contributed by atoms with Crippen LogP contribution in [0.5, 0.6) is 0 Å². The molecule has 2 aromatic carbocycles. The van der Waals surface area contributed by atoms with Crippen molar-refractivity contribution in [2.75, 3.05) is 0 Å². The van der Waals surface area contributed by atoms with Crippen LogP contribution in [0.15, 0.2) is 42.5 Å². The maximum atomic E-state index is 13.5. The summed E-state index contributed by atoms with van der Waals surface area (Å²) < 4.78 is 26.5. The SMILES string of the molecule is N#C[C@H](C(=O)O)[C@H](c1ccc(Cl)cc1)c1ccc(F)c(F)c1. The van der Waals surface area contributed by atoms with Crippen LogP contribution in [0.2, 0.25) is 5.02 Å². The zero-order valence-electron chi connectivity index (χ0n) is 11.1. The van der Waals surface area contributed by atoms with E-state index in [4.69, 9.17) is 16.9 Å².